The third kappa shape index (κ3) is 2.31. The molecule has 1 amide bonds. The van der Waals surface area contributed by atoms with E-state index < -0.39 is 17.1 Å². The number of esters is 1. The topological polar surface area (TPSA) is 65.0 Å². The normalized spacial score (nSPS) is 20.4. The van der Waals surface area contributed by atoms with Gasteiger partial charge in [0.1, 0.15) is 10.8 Å². The summed E-state index contributed by atoms with van der Waals surface area (Å²) in [5.41, 5.74) is 1.96. The van der Waals surface area contributed by atoms with Crippen LogP contribution in [0.4, 0.5) is 0 Å². The highest BCUT2D eigenvalue weighted by Crippen LogP contribution is 2.32. The van der Waals surface area contributed by atoms with E-state index in [0.717, 1.165) is 35.1 Å². The van der Waals surface area contributed by atoms with E-state index in [-0.39, 0.29) is 6.61 Å². The number of carbonyl (C=O) groups is 2. The van der Waals surface area contributed by atoms with Crippen LogP contribution < -0.4 is 4.74 Å². The van der Waals surface area contributed by atoms with Crippen LogP contribution in [0.2, 0.25) is 0 Å². The van der Waals surface area contributed by atoms with Crippen LogP contribution >= 0.6 is 11.8 Å². The Labute approximate surface area is 120 Å². The number of aliphatic imine (C=N–C) groups is 1. The highest BCUT2D eigenvalue weighted by atomic mass is 32.2. The molecule has 0 saturated heterocycles. The zero-order valence-electron chi connectivity index (χ0n) is 10.9. The number of ether oxygens (including phenoxy) is 2. The van der Waals surface area contributed by atoms with Crippen LogP contribution in [0.1, 0.15) is 18.1 Å². The fraction of sp³-hybridized carbons (Fsp3) is 0.357. The Kier molecular flexibility index (Phi) is 3.48. The van der Waals surface area contributed by atoms with Crippen molar-refractivity contribution in [1.82, 2.24) is 0 Å². The van der Waals surface area contributed by atoms with Crippen LogP contribution in [0.15, 0.2) is 23.2 Å². The van der Waals surface area contributed by atoms with E-state index in [2.05, 4.69) is 4.99 Å². The second-order valence-corrected chi connectivity index (χ2v) is 5.52. The molecule has 1 aromatic carbocycles. The molecule has 0 spiro atoms. The van der Waals surface area contributed by atoms with E-state index in [0.29, 0.717) is 11.7 Å². The number of hydrogen-bond acceptors (Lipinski definition) is 5. The zero-order chi connectivity index (χ0) is 14.1. The summed E-state index contributed by atoms with van der Waals surface area (Å²) in [7, 11) is 0. The third-order valence-electron chi connectivity index (χ3n) is 3.10. The maximum atomic E-state index is 11.8. The zero-order valence-corrected chi connectivity index (χ0v) is 11.7. The van der Waals surface area contributed by atoms with Gasteiger partial charge in [0.15, 0.2) is 5.25 Å². The van der Waals surface area contributed by atoms with Crippen molar-refractivity contribution >= 4 is 28.7 Å². The van der Waals surface area contributed by atoms with Crippen molar-refractivity contribution in [3.05, 3.63) is 29.3 Å². The van der Waals surface area contributed by atoms with E-state index in [4.69, 9.17) is 9.47 Å². The van der Waals surface area contributed by atoms with Crippen molar-refractivity contribution in [1.29, 1.82) is 0 Å². The molecule has 2 aliphatic heterocycles. The minimum atomic E-state index is -0.866. The molecule has 1 aromatic rings. The van der Waals surface area contributed by atoms with Crippen LogP contribution in [-0.2, 0) is 20.7 Å². The van der Waals surface area contributed by atoms with E-state index in [1.807, 2.05) is 18.2 Å². The summed E-state index contributed by atoms with van der Waals surface area (Å²) in [5, 5.41) is -0.294. The van der Waals surface area contributed by atoms with Crippen molar-refractivity contribution in [3.8, 4) is 5.75 Å². The largest absolute Gasteiger partial charge is 0.493 e. The van der Waals surface area contributed by atoms with Crippen molar-refractivity contribution in [2.45, 2.75) is 18.6 Å². The number of fused-ring (bicyclic) bond motifs is 1. The molecular weight excluding hydrogens is 278 g/mol. The van der Waals surface area contributed by atoms with Gasteiger partial charge in [0.2, 0.25) is 0 Å². The number of hydrogen-bond donors (Lipinski definition) is 0. The van der Waals surface area contributed by atoms with Crippen molar-refractivity contribution in [3.63, 3.8) is 0 Å². The molecule has 2 aliphatic rings. The van der Waals surface area contributed by atoms with E-state index in [1.165, 1.54) is 0 Å². The van der Waals surface area contributed by atoms with E-state index in [9.17, 15) is 9.59 Å². The van der Waals surface area contributed by atoms with Gasteiger partial charge in [-0.3, -0.25) is 9.59 Å². The summed E-state index contributed by atoms with van der Waals surface area (Å²) < 4.78 is 10.3. The maximum absolute atomic E-state index is 11.8. The minimum Gasteiger partial charge on any atom is -0.493 e. The first-order valence-corrected chi connectivity index (χ1v) is 7.29. The Hall–Kier alpha value is -1.82. The number of rotatable bonds is 3. The molecular formula is C14H13NO4S. The molecule has 20 heavy (non-hydrogen) atoms. The van der Waals surface area contributed by atoms with Gasteiger partial charge in [-0.15, -0.1) is 0 Å². The summed E-state index contributed by atoms with van der Waals surface area (Å²) >= 11 is 1.15. The predicted octanol–water partition coefficient (Wildman–Crippen LogP) is 1.57. The molecule has 2 heterocycles. The first kappa shape index (κ1) is 13.2. The van der Waals surface area contributed by atoms with Crippen LogP contribution in [0.25, 0.3) is 0 Å². The first-order chi connectivity index (χ1) is 9.69. The first-order valence-electron chi connectivity index (χ1n) is 6.41. The van der Waals surface area contributed by atoms with Gasteiger partial charge in [0.05, 0.1) is 13.2 Å². The van der Waals surface area contributed by atoms with Gasteiger partial charge in [-0.05, 0) is 30.7 Å². The highest BCUT2D eigenvalue weighted by molar-refractivity contribution is 8.16. The lowest BCUT2D eigenvalue weighted by molar-refractivity contribution is -0.144. The Balaban J connectivity index is 1.81. The Bertz CT molecular complexity index is 611. The molecule has 0 fully saturated rings. The third-order valence-corrected chi connectivity index (χ3v) is 4.28. The van der Waals surface area contributed by atoms with Gasteiger partial charge in [0, 0.05) is 12.0 Å². The fourth-order valence-electron chi connectivity index (χ4n) is 2.17. The molecule has 1 atom stereocenters. The number of carbonyl (C=O) groups excluding carboxylic acids is 2. The highest BCUT2D eigenvalue weighted by Gasteiger charge is 2.36. The van der Waals surface area contributed by atoms with Gasteiger partial charge in [0.25, 0.3) is 5.91 Å². The average molecular weight is 291 g/mol. The molecule has 3 rings (SSSR count). The molecule has 104 valence electrons. The van der Waals surface area contributed by atoms with Gasteiger partial charge in [-0.2, -0.15) is 0 Å². The Morgan fingerprint density at radius 3 is 3.20 bits per heavy atom. The number of thioether (sulfide) groups is 1. The molecule has 0 radical (unpaired) electrons. The van der Waals surface area contributed by atoms with Crippen LogP contribution in [0, 0.1) is 0 Å². The predicted molar refractivity (Wildman–Crippen MR) is 75.2 cm³/mol. The lowest BCUT2D eigenvalue weighted by Gasteiger charge is -2.06. The quantitative estimate of drug-likeness (QED) is 0.625. The SMILES string of the molecule is CCOC(=O)C1SC(c2ccc3c(c2)CCO3)=NC1=O. The number of benzene rings is 1. The molecule has 1 unspecified atom stereocenters. The summed E-state index contributed by atoms with van der Waals surface area (Å²) in [6.45, 7) is 2.65. The van der Waals surface area contributed by atoms with Gasteiger partial charge >= 0.3 is 5.97 Å². The molecule has 0 aromatic heterocycles. The fourth-order valence-corrected chi connectivity index (χ4v) is 3.11. The van der Waals surface area contributed by atoms with Crippen molar-refractivity contribution in [2.75, 3.05) is 13.2 Å². The summed E-state index contributed by atoms with van der Waals surface area (Å²) in [4.78, 5) is 27.4. The van der Waals surface area contributed by atoms with Gasteiger partial charge in [-0.25, -0.2) is 4.99 Å². The van der Waals surface area contributed by atoms with Crippen LogP contribution in [0.5, 0.6) is 5.75 Å². The second-order valence-electron chi connectivity index (χ2n) is 4.43. The summed E-state index contributed by atoms with van der Waals surface area (Å²) in [6, 6.07) is 5.70. The number of nitrogens with zero attached hydrogens (tertiary/aromatic N) is 1. The molecule has 0 saturated carbocycles. The minimum absolute atomic E-state index is 0.259. The van der Waals surface area contributed by atoms with Crippen LogP contribution in [-0.4, -0.2) is 35.4 Å². The standard InChI is InChI=1S/C14H13NO4S/c1-2-18-14(17)11-12(16)15-13(20-11)9-3-4-10-8(7-9)5-6-19-10/h3-4,7,11H,2,5-6H2,1H3. The molecule has 0 N–H and O–H groups in total. The summed E-state index contributed by atoms with van der Waals surface area (Å²) in [5.74, 6) is -0.0865. The smallest absolute Gasteiger partial charge is 0.329 e. The van der Waals surface area contributed by atoms with Crippen LogP contribution in [0.3, 0.4) is 0 Å². The summed E-state index contributed by atoms with van der Waals surface area (Å²) in [6.07, 6.45) is 0.858. The maximum Gasteiger partial charge on any atom is 0.329 e. The monoisotopic (exact) mass is 291 g/mol. The van der Waals surface area contributed by atoms with E-state index in [1.54, 1.807) is 6.92 Å². The lowest BCUT2D eigenvalue weighted by atomic mass is 10.1. The second kappa shape index (κ2) is 5.28. The Morgan fingerprint density at radius 1 is 1.55 bits per heavy atom. The molecule has 0 bridgehead atoms. The van der Waals surface area contributed by atoms with Gasteiger partial charge in [-0.1, -0.05) is 11.8 Å². The molecule has 5 nitrogen and oxygen atoms in total. The van der Waals surface area contributed by atoms with E-state index >= 15 is 0 Å². The average Bonchev–Trinajstić information content (AvgIpc) is 3.04. The number of amides is 1. The van der Waals surface area contributed by atoms with Crippen molar-refractivity contribution in [2.24, 2.45) is 4.99 Å². The Morgan fingerprint density at radius 2 is 2.40 bits per heavy atom. The van der Waals surface area contributed by atoms with Gasteiger partial charge < -0.3 is 9.47 Å². The molecule has 0 aliphatic carbocycles. The van der Waals surface area contributed by atoms with Crippen molar-refractivity contribution < 1.29 is 19.1 Å². The molecule has 6 heteroatoms. The lowest BCUT2D eigenvalue weighted by Crippen LogP contribution is -2.25.